The average molecular weight is 261 g/mol. The van der Waals surface area contributed by atoms with Crippen molar-refractivity contribution >= 4 is 15.7 Å². The van der Waals surface area contributed by atoms with Crippen molar-refractivity contribution in [1.82, 2.24) is 4.98 Å². The quantitative estimate of drug-likeness (QED) is 0.640. The van der Waals surface area contributed by atoms with Crippen LogP contribution in [0, 0.1) is 5.41 Å². The fraction of sp³-hybridized carbons (Fsp3) is 0. The van der Waals surface area contributed by atoms with Crippen LogP contribution in [0.25, 0.3) is 0 Å². The third-order valence-corrected chi connectivity index (χ3v) is 4.07. The van der Waals surface area contributed by atoms with Gasteiger partial charge in [0.15, 0.2) is 5.03 Å². The lowest BCUT2D eigenvalue weighted by Crippen LogP contribution is -2.11. The lowest BCUT2D eigenvalue weighted by atomic mass is 10.2. The van der Waals surface area contributed by atoms with Crippen molar-refractivity contribution in [3.8, 4) is 0 Å². The topological polar surface area (TPSA) is 96.9 Å². The van der Waals surface area contributed by atoms with Gasteiger partial charge in [-0.2, -0.15) is 0 Å². The summed E-state index contributed by atoms with van der Waals surface area (Å²) >= 11 is 0. The summed E-state index contributed by atoms with van der Waals surface area (Å²) in [5.41, 5.74) is 5.79. The Kier molecular flexibility index (Phi) is 3.12. The predicted molar refractivity (Wildman–Crippen MR) is 67.1 cm³/mol. The highest BCUT2D eigenvalue weighted by atomic mass is 32.2. The molecule has 0 bridgehead atoms. The van der Waals surface area contributed by atoms with Gasteiger partial charge in [0.2, 0.25) is 9.84 Å². The zero-order valence-electron chi connectivity index (χ0n) is 9.37. The molecule has 2 rings (SSSR count). The molecule has 0 amide bonds. The minimum atomic E-state index is -3.60. The van der Waals surface area contributed by atoms with Gasteiger partial charge in [-0.25, -0.2) is 13.4 Å². The zero-order chi connectivity index (χ0) is 13.2. The smallest absolute Gasteiger partial charge is 0.223 e. The summed E-state index contributed by atoms with van der Waals surface area (Å²) in [5.74, 6) is -0.100. The van der Waals surface area contributed by atoms with E-state index in [0.717, 1.165) is 0 Å². The Morgan fingerprint density at radius 1 is 1.11 bits per heavy atom. The summed E-state index contributed by atoms with van der Waals surface area (Å²) in [6.07, 6.45) is 1.43. The molecule has 2 aromatic rings. The van der Waals surface area contributed by atoms with Gasteiger partial charge in [-0.05, 0) is 36.4 Å². The van der Waals surface area contributed by atoms with Crippen molar-refractivity contribution in [3.05, 3.63) is 54.2 Å². The Morgan fingerprint density at radius 3 is 2.28 bits per heavy atom. The first kappa shape index (κ1) is 12.3. The maximum Gasteiger partial charge on any atom is 0.223 e. The third-order valence-electron chi connectivity index (χ3n) is 2.39. The van der Waals surface area contributed by atoms with E-state index in [2.05, 4.69) is 4.98 Å². The lowest BCUT2D eigenvalue weighted by Gasteiger charge is -2.04. The second-order valence-electron chi connectivity index (χ2n) is 3.61. The molecule has 0 spiro atoms. The van der Waals surface area contributed by atoms with Crippen molar-refractivity contribution in [2.75, 3.05) is 0 Å². The van der Waals surface area contributed by atoms with E-state index in [9.17, 15) is 8.42 Å². The molecule has 6 heteroatoms. The standard InChI is InChI=1S/C12H11N3O2S/c13-12(14)9-4-6-10(7-5-9)18(16,17)11-3-1-2-8-15-11/h1-8H,(H3,13,14). The summed E-state index contributed by atoms with van der Waals surface area (Å²) in [5, 5.41) is 7.24. The van der Waals surface area contributed by atoms with Crippen LogP contribution in [0.1, 0.15) is 5.56 Å². The van der Waals surface area contributed by atoms with Crippen LogP contribution in [0.4, 0.5) is 0 Å². The number of sulfone groups is 1. The van der Waals surface area contributed by atoms with E-state index >= 15 is 0 Å². The molecule has 3 N–H and O–H groups in total. The number of aromatic nitrogens is 1. The molecule has 18 heavy (non-hydrogen) atoms. The molecule has 1 aromatic heterocycles. The summed E-state index contributed by atoms with van der Waals surface area (Å²) in [6, 6.07) is 10.5. The molecule has 0 aliphatic heterocycles. The maximum atomic E-state index is 12.2. The molecule has 1 heterocycles. The van der Waals surface area contributed by atoms with Crippen LogP contribution in [0.15, 0.2) is 58.6 Å². The first-order valence-electron chi connectivity index (χ1n) is 5.12. The van der Waals surface area contributed by atoms with E-state index in [1.165, 1.54) is 36.5 Å². The highest BCUT2D eigenvalue weighted by molar-refractivity contribution is 7.91. The first-order valence-corrected chi connectivity index (χ1v) is 6.61. The number of benzene rings is 1. The van der Waals surface area contributed by atoms with Gasteiger partial charge >= 0.3 is 0 Å². The van der Waals surface area contributed by atoms with Crippen LogP contribution in [0.3, 0.4) is 0 Å². The van der Waals surface area contributed by atoms with E-state index in [4.69, 9.17) is 11.1 Å². The number of nitrogen functional groups attached to an aromatic ring is 1. The Bertz CT molecular complexity index is 664. The molecule has 0 unspecified atom stereocenters. The Labute approximate surface area is 105 Å². The molecule has 0 atom stereocenters. The number of nitrogens with one attached hydrogen (secondary N) is 1. The van der Waals surface area contributed by atoms with Gasteiger partial charge in [-0.1, -0.05) is 6.07 Å². The van der Waals surface area contributed by atoms with Crippen LogP contribution >= 0.6 is 0 Å². The Morgan fingerprint density at radius 2 is 1.78 bits per heavy atom. The molecule has 0 fully saturated rings. The van der Waals surface area contributed by atoms with Crippen molar-refractivity contribution in [2.45, 2.75) is 9.92 Å². The second kappa shape index (κ2) is 4.58. The summed E-state index contributed by atoms with van der Waals surface area (Å²) in [4.78, 5) is 3.96. The minimum absolute atomic E-state index is 0.000532. The molecular weight excluding hydrogens is 250 g/mol. The fourth-order valence-electron chi connectivity index (χ4n) is 1.44. The highest BCUT2D eigenvalue weighted by Gasteiger charge is 2.18. The Hall–Kier alpha value is -2.21. The molecule has 5 nitrogen and oxygen atoms in total. The predicted octanol–water partition coefficient (Wildman–Crippen LogP) is 1.20. The SMILES string of the molecule is N=C(N)c1ccc(S(=O)(=O)c2ccccn2)cc1. The largest absolute Gasteiger partial charge is 0.384 e. The number of pyridine rings is 1. The van der Waals surface area contributed by atoms with Crippen molar-refractivity contribution in [2.24, 2.45) is 5.73 Å². The molecule has 0 aliphatic carbocycles. The number of nitrogens with zero attached hydrogens (tertiary/aromatic N) is 1. The summed E-state index contributed by atoms with van der Waals surface area (Å²) in [7, 11) is -3.60. The van der Waals surface area contributed by atoms with Crippen molar-refractivity contribution in [1.29, 1.82) is 5.41 Å². The van der Waals surface area contributed by atoms with E-state index in [1.54, 1.807) is 12.1 Å². The monoisotopic (exact) mass is 261 g/mol. The minimum Gasteiger partial charge on any atom is -0.384 e. The number of rotatable bonds is 3. The van der Waals surface area contributed by atoms with Gasteiger partial charge in [0, 0.05) is 11.8 Å². The maximum absolute atomic E-state index is 12.2. The van der Waals surface area contributed by atoms with Gasteiger partial charge < -0.3 is 5.73 Å². The van der Waals surface area contributed by atoms with E-state index in [1.807, 2.05) is 0 Å². The molecule has 0 aliphatic rings. The molecule has 0 saturated carbocycles. The van der Waals surface area contributed by atoms with Crippen LogP contribution in [0.5, 0.6) is 0 Å². The third kappa shape index (κ3) is 2.23. The molecule has 1 aromatic carbocycles. The molecule has 92 valence electrons. The molecule has 0 saturated heterocycles. The number of hydrogen-bond acceptors (Lipinski definition) is 4. The van der Waals surface area contributed by atoms with Crippen LogP contribution in [0.2, 0.25) is 0 Å². The average Bonchev–Trinajstić information content (AvgIpc) is 2.40. The zero-order valence-corrected chi connectivity index (χ0v) is 10.2. The highest BCUT2D eigenvalue weighted by Crippen LogP contribution is 2.18. The lowest BCUT2D eigenvalue weighted by molar-refractivity contribution is 0.592. The van der Waals surface area contributed by atoms with E-state index in [0.29, 0.717) is 5.56 Å². The number of amidine groups is 1. The van der Waals surface area contributed by atoms with Gasteiger partial charge in [-0.3, -0.25) is 5.41 Å². The molecular formula is C12H11N3O2S. The van der Waals surface area contributed by atoms with Crippen LogP contribution in [-0.2, 0) is 9.84 Å². The van der Waals surface area contributed by atoms with Gasteiger partial charge in [0.05, 0.1) is 4.90 Å². The van der Waals surface area contributed by atoms with Crippen LogP contribution < -0.4 is 5.73 Å². The number of nitrogens with two attached hydrogens (primary N) is 1. The van der Waals surface area contributed by atoms with Crippen molar-refractivity contribution < 1.29 is 8.42 Å². The van der Waals surface area contributed by atoms with Gasteiger partial charge in [0.1, 0.15) is 5.84 Å². The summed E-state index contributed by atoms with van der Waals surface area (Å²) < 4.78 is 24.3. The van der Waals surface area contributed by atoms with Gasteiger partial charge in [0.25, 0.3) is 0 Å². The number of hydrogen-bond donors (Lipinski definition) is 2. The Balaban J connectivity index is 2.46. The normalized spacial score (nSPS) is 11.1. The molecule has 0 radical (unpaired) electrons. The fourth-order valence-corrected chi connectivity index (χ4v) is 2.63. The van der Waals surface area contributed by atoms with Crippen molar-refractivity contribution in [3.63, 3.8) is 0 Å². The first-order chi connectivity index (χ1) is 8.51. The van der Waals surface area contributed by atoms with E-state index < -0.39 is 9.84 Å². The summed E-state index contributed by atoms with van der Waals surface area (Å²) in [6.45, 7) is 0. The van der Waals surface area contributed by atoms with Crippen LogP contribution in [-0.4, -0.2) is 19.2 Å². The second-order valence-corrected chi connectivity index (χ2v) is 5.51. The van der Waals surface area contributed by atoms with E-state index in [-0.39, 0.29) is 15.8 Å². The van der Waals surface area contributed by atoms with Gasteiger partial charge in [-0.15, -0.1) is 0 Å².